The van der Waals surface area contributed by atoms with Crippen molar-refractivity contribution in [3.8, 4) is 0 Å². The van der Waals surface area contributed by atoms with Crippen LogP contribution in [-0.2, 0) is 17.9 Å². The van der Waals surface area contributed by atoms with E-state index in [1.807, 2.05) is 13.1 Å². The Morgan fingerprint density at radius 3 is 2.57 bits per heavy atom. The van der Waals surface area contributed by atoms with Crippen molar-refractivity contribution < 1.29 is 4.74 Å². The average Bonchev–Trinajstić information content (AvgIpc) is 2.54. The predicted molar refractivity (Wildman–Crippen MR) is 87.4 cm³/mol. The maximum Gasteiger partial charge on any atom is 0.191 e. The molecule has 0 aromatic heterocycles. The van der Waals surface area contributed by atoms with E-state index in [0.29, 0.717) is 12.6 Å². The Labute approximate surface area is 128 Å². The van der Waals surface area contributed by atoms with Crippen LogP contribution in [0.25, 0.3) is 0 Å². The van der Waals surface area contributed by atoms with Gasteiger partial charge in [-0.2, -0.15) is 0 Å². The van der Waals surface area contributed by atoms with Crippen molar-refractivity contribution in [3.05, 3.63) is 35.4 Å². The van der Waals surface area contributed by atoms with Gasteiger partial charge >= 0.3 is 0 Å². The molecule has 1 aromatic carbocycles. The van der Waals surface area contributed by atoms with Crippen LogP contribution in [0.5, 0.6) is 0 Å². The highest BCUT2D eigenvalue weighted by molar-refractivity contribution is 5.80. The van der Waals surface area contributed by atoms with Crippen LogP contribution < -0.4 is 10.6 Å². The molecular formula is C17H27N3O. The van der Waals surface area contributed by atoms with Crippen molar-refractivity contribution >= 4 is 5.96 Å². The number of ether oxygens (including phenoxy) is 1. The van der Waals surface area contributed by atoms with Crippen molar-refractivity contribution in [2.24, 2.45) is 4.99 Å². The Morgan fingerprint density at radius 2 is 1.90 bits per heavy atom. The number of aliphatic imine (C=N–C) groups is 1. The number of methoxy groups -OCH3 is 1. The predicted octanol–water partition coefficient (Wildman–Crippen LogP) is 2.83. The quantitative estimate of drug-likeness (QED) is 0.647. The third kappa shape index (κ3) is 5.05. The Morgan fingerprint density at radius 1 is 1.19 bits per heavy atom. The molecule has 0 amide bonds. The Hall–Kier alpha value is -1.55. The van der Waals surface area contributed by atoms with Gasteiger partial charge in [0.25, 0.3) is 0 Å². The highest BCUT2D eigenvalue weighted by Gasteiger charge is 2.14. The molecule has 1 aliphatic carbocycles. The molecule has 4 nitrogen and oxygen atoms in total. The lowest BCUT2D eigenvalue weighted by Gasteiger charge is -2.25. The molecule has 0 bridgehead atoms. The minimum absolute atomic E-state index is 0.569. The molecule has 2 N–H and O–H groups in total. The molecule has 2 rings (SSSR count). The van der Waals surface area contributed by atoms with Crippen molar-refractivity contribution in [2.75, 3.05) is 14.2 Å². The first kappa shape index (κ1) is 15.8. The van der Waals surface area contributed by atoms with E-state index in [-0.39, 0.29) is 0 Å². The minimum atomic E-state index is 0.569. The van der Waals surface area contributed by atoms with Gasteiger partial charge in [-0.1, -0.05) is 43.5 Å². The van der Waals surface area contributed by atoms with Crippen LogP contribution >= 0.6 is 0 Å². The molecule has 0 aliphatic heterocycles. The summed E-state index contributed by atoms with van der Waals surface area (Å²) in [4.78, 5) is 4.34. The molecule has 4 heteroatoms. The lowest BCUT2D eigenvalue weighted by Crippen LogP contribution is -2.43. The molecule has 0 saturated heterocycles. The highest BCUT2D eigenvalue weighted by atomic mass is 16.5. The van der Waals surface area contributed by atoms with Crippen LogP contribution in [0.1, 0.15) is 43.2 Å². The highest BCUT2D eigenvalue weighted by Crippen LogP contribution is 2.17. The number of nitrogens with zero attached hydrogens (tertiary/aromatic N) is 1. The molecule has 1 aromatic rings. The van der Waals surface area contributed by atoms with Crippen molar-refractivity contribution in [2.45, 2.75) is 51.3 Å². The molecule has 1 aliphatic rings. The standard InChI is InChI=1S/C17H27N3O/c1-18-17(20-16-10-4-3-5-11-16)19-12-14-8-6-7-9-15(14)13-21-2/h6-9,16H,3-5,10-13H2,1-2H3,(H2,18,19,20). The molecule has 0 spiro atoms. The summed E-state index contributed by atoms with van der Waals surface area (Å²) in [7, 11) is 3.56. The molecule has 1 saturated carbocycles. The van der Waals surface area contributed by atoms with E-state index in [1.54, 1.807) is 7.11 Å². The van der Waals surface area contributed by atoms with Gasteiger partial charge in [0.05, 0.1) is 6.61 Å². The van der Waals surface area contributed by atoms with E-state index in [0.717, 1.165) is 12.5 Å². The Bertz CT molecular complexity index is 453. The maximum absolute atomic E-state index is 5.25. The van der Waals surface area contributed by atoms with Gasteiger partial charge < -0.3 is 15.4 Å². The van der Waals surface area contributed by atoms with Gasteiger partial charge in [-0.05, 0) is 24.0 Å². The number of hydrogen-bond acceptors (Lipinski definition) is 2. The smallest absolute Gasteiger partial charge is 0.191 e. The average molecular weight is 289 g/mol. The summed E-state index contributed by atoms with van der Waals surface area (Å²) in [5, 5.41) is 6.95. The molecule has 0 heterocycles. The largest absolute Gasteiger partial charge is 0.380 e. The van der Waals surface area contributed by atoms with E-state index in [9.17, 15) is 0 Å². The van der Waals surface area contributed by atoms with Crippen molar-refractivity contribution in [3.63, 3.8) is 0 Å². The van der Waals surface area contributed by atoms with Crippen LogP contribution in [0.3, 0.4) is 0 Å². The van der Waals surface area contributed by atoms with E-state index in [2.05, 4.69) is 33.8 Å². The number of benzene rings is 1. The third-order valence-electron chi connectivity index (χ3n) is 4.03. The monoisotopic (exact) mass is 289 g/mol. The minimum Gasteiger partial charge on any atom is -0.380 e. The second kappa shape index (κ2) is 8.67. The Balaban J connectivity index is 1.88. The topological polar surface area (TPSA) is 45.7 Å². The van der Waals surface area contributed by atoms with Gasteiger partial charge in [0, 0.05) is 26.7 Å². The van der Waals surface area contributed by atoms with Crippen LogP contribution in [0.4, 0.5) is 0 Å². The van der Waals surface area contributed by atoms with Gasteiger partial charge in [-0.15, -0.1) is 0 Å². The summed E-state index contributed by atoms with van der Waals surface area (Å²) in [5.41, 5.74) is 2.48. The van der Waals surface area contributed by atoms with Gasteiger partial charge in [0.15, 0.2) is 5.96 Å². The zero-order chi connectivity index (χ0) is 14.9. The van der Waals surface area contributed by atoms with Crippen LogP contribution in [-0.4, -0.2) is 26.2 Å². The summed E-state index contributed by atoms with van der Waals surface area (Å²) in [5.74, 6) is 0.897. The molecular weight excluding hydrogens is 262 g/mol. The fourth-order valence-electron chi connectivity index (χ4n) is 2.84. The van der Waals surface area contributed by atoms with E-state index >= 15 is 0 Å². The van der Waals surface area contributed by atoms with Gasteiger partial charge in [-0.25, -0.2) is 0 Å². The zero-order valence-electron chi connectivity index (χ0n) is 13.2. The molecule has 116 valence electrons. The summed E-state index contributed by atoms with van der Waals surface area (Å²) >= 11 is 0. The van der Waals surface area contributed by atoms with E-state index in [1.165, 1.54) is 43.2 Å². The first-order chi connectivity index (χ1) is 10.3. The summed E-state index contributed by atoms with van der Waals surface area (Å²) in [6.07, 6.45) is 6.52. The molecule has 0 radical (unpaired) electrons. The number of hydrogen-bond donors (Lipinski definition) is 2. The fourth-order valence-corrected chi connectivity index (χ4v) is 2.84. The van der Waals surface area contributed by atoms with E-state index < -0.39 is 0 Å². The molecule has 1 fully saturated rings. The van der Waals surface area contributed by atoms with Crippen molar-refractivity contribution in [1.29, 1.82) is 0 Å². The lowest BCUT2D eigenvalue weighted by molar-refractivity contribution is 0.184. The zero-order valence-corrected chi connectivity index (χ0v) is 13.2. The summed E-state index contributed by atoms with van der Waals surface area (Å²) in [6, 6.07) is 8.92. The normalized spacial score (nSPS) is 16.8. The maximum atomic E-state index is 5.25. The van der Waals surface area contributed by atoms with E-state index in [4.69, 9.17) is 4.74 Å². The SMILES string of the molecule is CN=C(NCc1ccccc1COC)NC1CCCCC1. The summed E-state index contributed by atoms with van der Waals surface area (Å²) in [6.45, 7) is 1.42. The lowest BCUT2D eigenvalue weighted by atomic mass is 9.96. The number of rotatable bonds is 5. The first-order valence-corrected chi connectivity index (χ1v) is 7.86. The first-order valence-electron chi connectivity index (χ1n) is 7.86. The number of guanidine groups is 1. The summed E-state index contributed by atoms with van der Waals surface area (Å²) < 4.78 is 5.25. The van der Waals surface area contributed by atoms with Gasteiger partial charge in [-0.3, -0.25) is 4.99 Å². The van der Waals surface area contributed by atoms with Gasteiger partial charge in [0.1, 0.15) is 0 Å². The number of nitrogens with one attached hydrogen (secondary N) is 2. The van der Waals surface area contributed by atoms with Gasteiger partial charge in [0.2, 0.25) is 0 Å². The molecule has 21 heavy (non-hydrogen) atoms. The van der Waals surface area contributed by atoms with Crippen LogP contribution in [0.2, 0.25) is 0 Å². The fraction of sp³-hybridized carbons (Fsp3) is 0.588. The van der Waals surface area contributed by atoms with Crippen LogP contribution in [0.15, 0.2) is 29.3 Å². The van der Waals surface area contributed by atoms with Crippen molar-refractivity contribution in [1.82, 2.24) is 10.6 Å². The third-order valence-corrected chi connectivity index (χ3v) is 4.03. The second-order valence-corrected chi connectivity index (χ2v) is 5.61. The molecule has 0 unspecified atom stereocenters. The Kier molecular flexibility index (Phi) is 6.54. The second-order valence-electron chi connectivity index (χ2n) is 5.61. The molecule has 0 atom stereocenters. The van der Waals surface area contributed by atoms with Crippen LogP contribution in [0, 0.1) is 0 Å².